The third-order valence-electron chi connectivity index (χ3n) is 3.48. The molecule has 0 saturated carbocycles. The molecule has 1 fully saturated rings. The summed E-state index contributed by atoms with van der Waals surface area (Å²) in [6.07, 6.45) is 0.0254. The van der Waals surface area contributed by atoms with Crippen LogP contribution >= 0.6 is 11.6 Å². The molecule has 1 atom stereocenters. The SMILES string of the molecule is CCOC(=O)c1nnn(CC2CN(CC)CCO2)c1CCl. The molecule has 0 aromatic carbocycles. The predicted octanol–water partition coefficient (Wildman–Crippen LogP) is 0.914. The van der Waals surface area contributed by atoms with E-state index in [9.17, 15) is 4.79 Å². The zero-order valence-electron chi connectivity index (χ0n) is 12.4. The molecule has 1 aliphatic heterocycles. The lowest BCUT2D eigenvalue weighted by atomic mass is 10.2. The molecule has 0 radical (unpaired) electrons. The predicted molar refractivity (Wildman–Crippen MR) is 77.4 cm³/mol. The molecule has 21 heavy (non-hydrogen) atoms. The summed E-state index contributed by atoms with van der Waals surface area (Å²) in [5.41, 5.74) is 0.766. The van der Waals surface area contributed by atoms with Crippen LogP contribution in [0.25, 0.3) is 0 Å². The van der Waals surface area contributed by atoms with Gasteiger partial charge in [-0.1, -0.05) is 12.1 Å². The Balaban J connectivity index is 2.08. The van der Waals surface area contributed by atoms with E-state index in [2.05, 4.69) is 22.1 Å². The second kappa shape index (κ2) is 7.72. The van der Waals surface area contributed by atoms with Gasteiger partial charge in [-0.3, -0.25) is 4.90 Å². The number of carbonyl (C=O) groups excluding carboxylic acids is 1. The lowest BCUT2D eigenvalue weighted by Crippen LogP contribution is -2.44. The minimum absolute atomic E-state index is 0.0254. The molecule has 1 unspecified atom stereocenters. The fraction of sp³-hybridized carbons (Fsp3) is 0.769. The Labute approximate surface area is 129 Å². The van der Waals surface area contributed by atoms with Crippen LogP contribution in [0.4, 0.5) is 0 Å². The van der Waals surface area contributed by atoms with Crippen LogP contribution in [-0.4, -0.2) is 64.8 Å². The molecule has 7 nitrogen and oxygen atoms in total. The molecule has 1 aliphatic rings. The van der Waals surface area contributed by atoms with E-state index < -0.39 is 5.97 Å². The van der Waals surface area contributed by atoms with Gasteiger partial charge in [-0.2, -0.15) is 0 Å². The Morgan fingerprint density at radius 1 is 1.52 bits per heavy atom. The van der Waals surface area contributed by atoms with Gasteiger partial charge >= 0.3 is 5.97 Å². The first kappa shape index (κ1) is 16.2. The van der Waals surface area contributed by atoms with Gasteiger partial charge < -0.3 is 9.47 Å². The molecule has 1 aromatic heterocycles. The lowest BCUT2D eigenvalue weighted by Gasteiger charge is -2.32. The second-order valence-electron chi connectivity index (χ2n) is 4.81. The fourth-order valence-electron chi connectivity index (χ4n) is 2.34. The van der Waals surface area contributed by atoms with Crippen molar-refractivity contribution in [2.45, 2.75) is 32.4 Å². The van der Waals surface area contributed by atoms with Crippen molar-refractivity contribution >= 4 is 17.6 Å². The molecule has 2 rings (SSSR count). The molecule has 1 aromatic rings. The van der Waals surface area contributed by atoms with Gasteiger partial charge in [-0.05, 0) is 13.5 Å². The molecule has 2 heterocycles. The molecular formula is C13H21ClN4O3. The van der Waals surface area contributed by atoms with Crippen molar-refractivity contribution < 1.29 is 14.3 Å². The third kappa shape index (κ3) is 3.93. The standard InChI is InChI=1S/C13H21ClN4O3/c1-3-17-5-6-21-10(8-17)9-18-11(7-14)12(15-16-18)13(19)20-4-2/h10H,3-9H2,1-2H3. The van der Waals surface area contributed by atoms with E-state index in [0.29, 0.717) is 25.5 Å². The molecule has 0 spiro atoms. The minimum Gasteiger partial charge on any atom is -0.461 e. The van der Waals surface area contributed by atoms with Crippen LogP contribution in [0.5, 0.6) is 0 Å². The van der Waals surface area contributed by atoms with E-state index in [-0.39, 0.29) is 17.7 Å². The average molecular weight is 317 g/mol. The van der Waals surface area contributed by atoms with Crippen LogP contribution in [0.3, 0.4) is 0 Å². The Bertz CT molecular complexity index is 480. The molecular weight excluding hydrogens is 296 g/mol. The van der Waals surface area contributed by atoms with Crippen molar-refractivity contribution in [3.8, 4) is 0 Å². The zero-order valence-corrected chi connectivity index (χ0v) is 13.2. The lowest BCUT2D eigenvalue weighted by molar-refractivity contribution is -0.0362. The normalized spacial score (nSPS) is 19.7. The van der Waals surface area contributed by atoms with Crippen LogP contribution in [0.15, 0.2) is 0 Å². The van der Waals surface area contributed by atoms with Gasteiger partial charge in [0.25, 0.3) is 0 Å². The van der Waals surface area contributed by atoms with Gasteiger partial charge in [0.05, 0.1) is 37.4 Å². The molecule has 8 heteroatoms. The van der Waals surface area contributed by atoms with Gasteiger partial charge in [0.15, 0.2) is 5.69 Å². The molecule has 0 bridgehead atoms. The van der Waals surface area contributed by atoms with Crippen molar-refractivity contribution in [2.75, 3.05) is 32.8 Å². The largest absolute Gasteiger partial charge is 0.461 e. The maximum atomic E-state index is 11.8. The summed E-state index contributed by atoms with van der Waals surface area (Å²) in [5, 5.41) is 7.91. The second-order valence-corrected chi connectivity index (χ2v) is 5.07. The average Bonchev–Trinajstić information content (AvgIpc) is 2.90. The monoisotopic (exact) mass is 316 g/mol. The molecule has 0 N–H and O–H groups in total. The quantitative estimate of drug-likeness (QED) is 0.574. The van der Waals surface area contributed by atoms with E-state index in [4.69, 9.17) is 21.1 Å². The fourth-order valence-corrected chi connectivity index (χ4v) is 2.61. The zero-order chi connectivity index (χ0) is 15.2. The Hall–Kier alpha value is -1.18. The number of carbonyl (C=O) groups is 1. The number of halogens is 1. The number of likely N-dealkylation sites (N-methyl/N-ethyl adjacent to an activating group) is 1. The third-order valence-corrected chi connectivity index (χ3v) is 3.73. The van der Waals surface area contributed by atoms with Crippen LogP contribution < -0.4 is 0 Å². The van der Waals surface area contributed by atoms with Gasteiger partial charge in [0.2, 0.25) is 0 Å². The topological polar surface area (TPSA) is 69.5 Å². The van der Waals surface area contributed by atoms with E-state index in [1.165, 1.54) is 0 Å². The highest BCUT2D eigenvalue weighted by Crippen LogP contribution is 2.13. The van der Waals surface area contributed by atoms with E-state index in [1.54, 1.807) is 11.6 Å². The van der Waals surface area contributed by atoms with Crippen molar-refractivity contribution in [3.63, 3.8) is 0 Å². The number of esters is 1. The number of nitrogens with zero attached hydrogens (tertiary/aromatic N) is 4. The van der Waals surface area contributed by atoms with Crippen molar-refractivity contribution in [2.24, 2.45) is 0 Å². The van der Waals surface area contributed by atoms with Crippen LogP contribution in [-0.2, 0) is 21.9 Å². The van der Waals surface area contributed by atoms with Crippen LogP contribution in [0.2, 0.25) is 0 Å². The smallest absolute Gasteiger partial charge is 0.360 e. The molecule has 118 valence electrons. The van der Waals surface area contributed by atoms with Gasteiger partial charge in [-0.15, -0.1) is 16.7 Å². The number of hydrogen-bond donors (Lipinski definition) is 0. The Morgan fingerprint density at radius 3 is 3.00 bits per heavy atom. The number of aromatic nitrogens is 3. The minimum atomic E-state index is -0.487. The van der Waals surface area contributed by atoms with E-state index in [0.717, 1.165) is 19.6 Å². The van der Waals surface area contributed by atoms with Crippen molar-refractivity contribution in [1.29, 1.82) is 0 Å². The highest BCUT2D eigenvalue weighted by Gasteiger charge is 2.24. The summed E-state index contributed by atoms with van der Waals surface area (Å²) in [4.78, 5) is 14.1. The number of ether oxygens (including phenoxy) is 2. The first-order valence-corrected chi connectivity index (χ1v) is 7.72. The van der Waals surface area contributed by atoms with Crippen molar-refractivity contribution in [3.05, 3.63) is 11.4 Å². The summed E-state index contributed by atoms with van der Waals surface area (Å²) in [6, 6.07) is 0. The molecule has 0 amide bonds. The van der Waals surface area contributed by atoms with Gasteiger partial charge in [-0.25, -0.2) is 9.48 Å². The Morgan fingerprint density at radius 2 is 2.33 bits per heavy atom. The summed E-state index contributed by atoms with van der Waals surface area (Å²) in [6.45, 7) is 8.18. The number of hydrogen-bond acceptors (Lipinski definition) is 6. The summed E-state index contributed by atoms with van der Waals surface area (Å²) >= 11 is 5.94. The maximum Gasteiger partial charge on any atom is 0.360 e. The summed E-state index contributed by atoms with van der Waals surface area (Å²) in [7, 11) is 0. The van der Waals surface area contributed by atoms with Crippen LogP contribution in [0, 0.1) is 0 Å². The number of morpholine rings is 1. The highest BCUT2D eigenvalue weighted by atomic mass is 35.5. The summed E-state index contributed by atoms with van der Waals surface area (Å²) in [5.74, 6) is -0.329. The van der Waals surface area contributed by atoms with Gasteiger partial charge in [0, 0.05) is 13.1 Å². The Kier molecular flexibility index (Phi) is 5.96. The van der Waals surface area contributed by atoms with E-state index in [1.807, 2.05) is 0 Å². The molecule has 0 aliphatic carbocycles. The van der Waals surface area contributed by atoms with Crippen LogP contribution in [0.1, 0.15) is 30.0 Å². The number of rotatable bonds is 6. The van der Waals surface area contributed by atoms with Gasteiger partial charge in [0.1, 0.15) is 0 Å². The number of alkyl halides is 1. The first-order valence-electron chi connectivity index (χ1n) is 7.18. The van der Waals surface area contributed by atoms with Crippen molar-refractivity contribution in [1.82, 2.24) is 19.9 Å². The maximum absolute atomic E-state index is 11.8. The first-order chi connectivity index (χ1) is 10.2. The molecule has 1 saturated heterocycles. The van der Waals surface area contributed by atoms with E-state index >= 15 is 0 Å². The highest BCUT2D eigenvalue weighted by molar-refractivity contribution is 6.17. The summed E-state index contributed by atoms with van der Waals surface area (Å²) < 4.78 is 12.3.